The van der Waals surface area contributed by atoms with Crippen molar-refractivity contribution in [1.82, 2.24) is 10.6 Å². The summed E-state index contributed by atoms with van der Waals surface area (Å²) in [6.07, 6.45) is -4.50. The molecule has 0 radical (unpaired) electrons. The van der Waals surface area contributed by atoms with Crippen molar-refractivity contribution in [2.75, 3.05) is 13.1 Å². The van der Waals surface area contributed by atoms with E-state index in [-0.39, 0.29) is 17.5 Å². The van der Waals surface area contributed by atoms with Crippen LogP contribution >= 0.6 is 0 Å². The maximum absolute atomic E-state index is 12.9. The number of fused-ring (bicyclic) bond motifs is 3. The molecule has 18 heavy (non-hydrogen) atoms. The highest BCUT2D eigenvalue weighted by Gasteiger charge is 2.43. The molecule has 3 nitrogen and oxygen atoms in total. The number of halogens is 3. The van der Waals surface area contributed by atoms with Crippen LogP contribution < -0.4 is 10.6 Å². The summed E-state index contributed by atoms with van der Waals surface area (Å²) in [7, 11) is 0. The molecule has 2 atom stereocenters. The zero-order chi connectivity index (χ0) is 12.9. The van der Waals surface area contributed by atoms with Crippen molar-refractivity contribution < 1.29 is 18.0 Å². The molecule has 0 bridgehead atoms. The number of rotatable bonds is 0. The van der Waals surface area contributed by atoms with E-state index >= 15 is 0 Å². The lowest BCUT2D eigenvalue weighted by atomic mass is 9.84. The van der Waals surface area contributed by atoms with Gasteiger partial charge in [-0.2, -0.15) is 13.2 Å². The van der Waals surface area contributed by atoms with Crippen LogP contribution in [0, 0.1) is 0 Å². The Labute approximate surface area is 101 Å². The number of nitrogens with one attached hydrogen (secondary N) is 2. The van der Waals surface area contributed by atoms with Gasteiger partial charge in [0.2, 0.25) is 0 Å². The van der Waals surface area contributed by atoms with Crippen molar-refractivity contribution in [3.05, 3.63) is 34.9 Å². The normalized spacial score (nSPS) is 26.5. The van der Waals surface area contributed by atoms with Gasteiger partial charge in [-0.3, -0.25) is 4.79 Å². The van der Waals surface area contributed by atoms with Gasteiger partial charge in [0.1, 0.15) is 0 Å². The van der Waals surface area contributed by atoms with Gasteiger partial charge in [-0.1, -0.05) is 12.1 Å². The Morgan fingerprint density at radius 2 is 2.00 bits per heavy atom. The first kappa shape index (κ1) is 11.5. The Morgan fingerprint density at radius 3 is 2.72 bits per heavy atom. The van der Waals surface area contributed by atoms with Crippen LogP contribution in [0.1, 0.15) is 27.4 Å². The number of alkyl halides is 3. The molecule has 1 aromatic rings. The molecule has 0 aromatic heterocycles. The lowest BCUT2D eigenvalue weighted by molar-refractivity contribution is -0.138. The van der Waals surface area contributed by atoms with Gasteiger partial charge in [0.15, 0.2) is 0 Å². The quantitative estimate of drug-likeness (QED) is 0.738. The molecule has 2 N–H and O–H groups in total. The molecule has 0 unspecified atom stereocenters. The molecule has 1 amide bonds. The van der Waals surface area contributed by atoms with Crippen LogP contribution in [-0.2, 0) is 6.18 Å². The first-order chi connectivity index (χ1) is 8.48. The summed E-state index contributed by atoms with van der Waals surface area (Å²) in [6.45, 7) is 1.20. The van der Waals surface area contributed by atoms with E-state index in [4.69, 9.17) is 0 Å². The molecule has 6 heteroatoms. The maximum atomic E-state index is 12.9. The summed E-state index contributed by atoms with van der Waals surface area (Å²) in [5, 5.41) is 5.73. The second kappa shape index (κ2) is 3.71. The molecule has 2 heterocycles. The molecule has 1 aromatic carbocycles. The Balaban J connectivity index is 2.18. The molecule has 1 saturated heterocycles. The van der Waals surface area contributed by atoms with Crippen molar-refractivity contribution in [1.29, 1.82) is 0 Å². The third-order valence-electron chi connectivity index (χ3n) is 3.56. The predicted molar refractivity (Wildman–Crippen MR) is 58.3 cm³/mol. The number of hydrogen-bond acceptors (Lipinski definition) is 2. The van der Waals surface area contributed by atoms with Crippen molar-refractivity contribution in [2.24, 2.45) is 0 Å². The average Bonchev–Trinajstić information content (AvgIpc) is 2.75. The summed E-state index contributed by atoms with van der Waals surface area (Å²) < 4.78 is 38.7. The fourth-order valence-electron chi connectivity index (χ4n) is 2.77. The third kappa shape index (κ3) is 1.59. The third-order valence-corrected chi connectivity index (χ3v) is 3.56. The van der Waals surface area contributed by atoms with Crippen LogP contribution in [0.5, 0.6) is 0 Å². The molecule has 96 valence electrons. The highest BCUT2D eigenvalue weighted by atomic mass is 19.4. The van der Waals surface area contributed by atoms with Gasteiger partial charge in [-0.05, 0) is 11.6 Å². The highest BCUT2D eigenvalue weighted by molar-refractivity contribution is 5.99. The monoisotopic (exact) mass is 256 g/mol. The number of amides is 1. The van der Waals surface area contributed by atoms with E-state index in [0.29, 0.717) is 18.7 Å². The van der Waals surface area contributed by atoms with Gasteiger partial charge in [-0.25, -0.2) is 0 Å². The zero-order valence-corrected chi connectivity index (χ0v) is 9.34. The van der Waals surface area contributed by atoms with Gasteiger partial charge in [0, 0.05) is 25.0 Å². The van der Waals surface area contributed by atoms with E-state index in [2.05, 4.69) is 10.6 Å². The Kier molecular flexibility index (Phi) is 2.38. The van der Waals surface area contributed by atoms with Crippen LogP contribution in [0.4, 0.5) is 13.2 Å². The first-order valence-corrected chi connectivity index (χ1v) is 5.70. The first-order valence-electron chi connectivity index (χ1n) is 5.70. The van der Waals surface area contributed by atoms with Gasteiger partial charge in [0.25, 0.3) is 5.91 Å². The summed E-state index contributed by atoms with van der Waals surface area (Å²) in [5.41, 5.74) is -0.554. The molecule has 0 spiro atoms. The van der Waals surface area contributed by atoms with Gasteiger partial charge in [-0.15, -0.1) is 0 Å². The van der Waals surface area contributed by atoms with Crippen molar-refractivity contribution in [3.63, 3.8) is 0 Å². The van der Waals surface area contributed by atoms with Crippen molar-refractivity contribution >= 4 is 5.91 Å². The summed E-state index contributed by atoms with van der Waals surface area (Å²) in [4.78, 5) is 11.9. The topological polar surface area (TPSA) is 41.1 Å². The Bertz CT molecular complexity index is 513. The zero-order valence-electron chi connectivity index (χ0n) is 9.34. The number of benzene rings is 1. The average molecular weight is 256 g/mol. The fraction of sp³-hybridized carbons (Fsp3) is 0.417. The molecular formula is C12H11F3N2O. The molecule has 3 rings (SSSR count). The van der Waals surface area contributed by atoms with Crippen molar-refractivity contribution in [3.8, 4) is 0 Å². The maximum Gasteiger partial charge on any atom is 0.417 e. The van der Waals surface area contributed by atoms with Crippen LogP contribution in [0.25, 0.3) is 0 Å². The van der Waals surface area contributed by atoms with E-state index < -0.39 is 17.6 Å². The summed E-state index contributed by atoms with van der Waals surface area (Å²) >= 11 is 0. The van der Waals surface area contributed by atoms with Gasteiger partial charge in [0.05, 0.1) is 11.1 Å². The number of carbonyl (C=O) groups is 1. The fourth-order valence-corrected chi connectivity index (χ4v) is 2.77. The van der Waals surface area contributed by atoms with E-state index in [9.17, 15) is 18.0 Å². The van der Waals surface area contributed by atoms with Crippen molar-refractivity contribution in [2.45, 2.75) is 18.1 Å². The minimum absolute atomic E-state index is 0.0694. The summed E-state index contributed by atoms with van der Waals surface area (Å²) in [6, 6.07) is 3.85. The summed E-state index contributed by atoms with van der Waals surface area (Å²) in [5.74, 6) is -0.692. The number of carbonyl (C=O) groups excluding carboxylic acids is 1. The predicted octanol–water partition coefficient (Wildman–Crippen LogP) is 1.50. The van der Waals surface area contributed by atoms with E-state index in [1.54, 1.807) is 6.07 Å². The lowest BCUT2D eigenvalue weighted by Gasteiger charge is -2.29. The van der Waals surface area contributed by atoms with Crippen LogP contribution in [0.15, 0.2) is 18.2 Å². The molecular weight excluding hydrogens is 245 g/mol. The molecule has 2 aliphatic rings. The Hall–Kier alpha value is -1.56. The highest BCUT2D eigenvalue weighted by Crippen LogP contribution is 2.38. The second-order valence-electron chi connectivity index (χ2n) is 4.61. The SMILES string of the molecule is O=C1N[C@H]2CNC[C@H]2c2cccc(C(F)(F)F)c21. The lowest BCUT2D eigenvalue weighted by Crippen LogP contribution is -2.45. The Morgan fingerprint density at radius 1 is 1.22 bits per heavy atom. The minimum Gasteiger partial charge on any atom is -0.347 e. The van der Waals surface area contributed by atoms with Gasteiger partial charge < -0.3 is 10.6 Å². The smallest absolute Gasteiger partial charge is 0.347 e. The minimum atomic E-state index is -4.50. The second-order valence-corrected chi connectivity index (χ2v) is 4.61. The molecule has 0 saturated carbocycles. The molecule has 1 fully saturated rings. The number of hydrogen-bond donors (Lipinski definition) is 2. The largest absolute Gasteiger partial charge is 0.417 e. The van der Waals surface area contributed by atoms with Crippen LogP contribution in [0.2, 0.25) is 0 Å². The van der Waals surface area contributed by atoms with E-state index in [1.807, 2.05) is 0 Å². The van der Waals surface area contributed by atoms with E-state index in [1.165, 1.54) is 6.07 Å². The molecule has 2 aliphatic heterocycles. The molecule has 0 aliphatic carbocycles. The standard InChI is InChI=1S/C12H11F3N2O/c13-12(14,15)8-3-1-2-6-7-4-16-5-9(7)17-11(18)10(6)8/h1-3,7,9,16H,4-5H2,(H,17,18)/t7-,9-/m0/s1. The van der Waals surface area contributed by atoms with E-state index in [0.717, 1.165) is 6.07 Å². The van der Waals surface area contributed by atoms with Crippen LogP contribution in [-0.4, -0.2) is 25.0 Å². The van der Waals surface area contributed by atoms with Crippen LogP contribution in [0.3, 0.4) is 0 Å². The van der Waals surface area contributed by atoms with Gasteiger partial charge >= 0.3 is 6.18 Å².